The van der Waals surface area contributed by atoms with Crippen LogP contribution < -0.4 is 0 Å². The highest BCUT2D eigenvalue weighted by Gasteiger charge is 2.18. The van der Waals surface area contributed by atoms with Crippen LogP contribution in [0.3, 0.4) is 0 Å². The van der Waals surface area contributed by atoms with Gasteiger partial charge in [0.1, 0.15) is 0 Å². The fourth-order valence-corrected chi connectivity index (χ4v) is 3.86. The van der Waals surface area contributed by atoms with Crippen LogP contribution in [0.2, 0.25) is 0 Å². The second-order valence-electron chi connectivity index (χ2n) is 7.18. The molecule has 0 spiro atoms. The molecule has 1 atom stereocenters. The predicted octanol–water partition coefficient (Wildman–Crippen LogP) is 6.27. The summed E-state index contributed by atoms with van der Waals surface area (Å²) in [5, 5.41) is 1.21. The minimum atomic E-state index is 0.112. The van der Waals surface area contributed by atoms with Gasteiger partial charge in [-0.2, -0.15) is 0 Å². The van der Waals surface area contributed by atoms with Crippen molar-refractivity contribution >= 4 is 17.0 Å². The van der Waals surface area contributed by atoms with Gasteiger partial charge in [-0.1, -0.05) is 91.0 Å². The Labute approximate surface area is 176 Å². The smallest absolute Gasteiger partial charge is 0.234 e. The van der Waals surface area contributed by atoms with Gasteiger partial charge in [-0.05, 0) is 28.8 Å². The van der Waals surface area contributed by atoms with E-state index in [0.29, 0.717) is 5.95 Å². The van der Waals surface area contributed by atoms with Gasteiger partial charge in [0, 0.05) is 29.9 Å². The minimum absolute atomic E-state index is 0.112. The van der Waals surface area contributed by atoms with Crippen molar-refractivity contribution in [3.63, 3.8) is 0 Å². The van der Waals surface area contributed by atoms with E-state index < -0.39 is 0 Å². The van der Waals surface area contributed by atoms with E-state index in [1.807, 2.05) is 12.1 Å². The Kier molecular flexibility index (Phi) is 4.93. The summed E-state index contributed by atoms with van der Waals surface area (Å²) >= 11 is 0. The third-order valence-electron chi connectivity index (χ3n) is 5.28. The Balaban J connectivity index is 1.69. The van der Waals surface area contributed by atoms with E-state index in [4.69, 9.17) is 0 Å². The third kappa shape index (κ3) is 3.53. The van der Waals surface area contributed by atoms with E-state index >= 15 is 0 Å². The maximum atomic E-state index is 4.47. The van der Waals surface area contributed by atoms with Crippen molar-refractivity contribution in [1.82, 2.24) is 14.5 Å². The zero-order valence-electron chi connectivity index (χ0n) is 16.5. The second-order valence-corrected chi connectivity index (χ2v) is 7.18. The van der Waals surface area contributed by atoms with Gasteiger partial charge in [-0.3, -0.25) is 4.57 Å². The van der Waals surface area contributed by atoms with Crippen LogP contribution in [-0.2, 0) is 0 Å². The molecule has 0 aliphatic carbocycles. The molecule has 0 aliphatic rings. The largest absolute Gasteiger partial charge is 0.285 e. The normalized spacial score (nSPS) is 12.4. The molecular weight excluding hydrogens is 366 g/mol. The number of nitrogens with zero attached hydrogens (tertiary/aromatic N) is 3. The van der Waals surface area contributed by atoms with E-state index in [0.717, 1.165) is 5.52 Å². The summed E-state index contributed by atoms with van der Waals surface area (Å²) in [6, 6.07) is 31.3. The van der Waals surface area contributed by atoms with Crippen molar-refractivity contribution in [2.75, 3.05) is 0 Å². The van der Waals surface area contributed by atoms with E-state index in [1.54, 1.807) is 12.4 Å². The first-order valence-electron chi connectivity index (χ1n) is 10.1. The van der Waals surface area contributed by atoms with E-state index in [2.05, 4.69) is 112 Å². The molecule has 0 saturated carbocycles. The van der Waals surface area contributed by atoms with Gasteiger partial charge in [0.05, 0.1) is 5.52 Å². The summed E-state index contributed by atoms with van der Waals surface area (Å²) in [4.78, 5) is 8.94. The van der Waals surface area contributed by atoms with Gasteiger partial charge in [0.25, 0.3) is 0 Å². The molecule has 0 radical (unpaired) electrons. The average molecular weight is 387 g/mol. The highest BCUT2D eigenvalue weighted by atomic mass is 15.1. The molecular formula is C27H21N3. The van der Waals surface area contributed by atoms with Crippen LogP contribution in [0, 0.1) is 0 Å². The number of hydrogen-bond donors (Lipinski definition) is 0. The van der Waals surface area contributed by atoms with Gasteiger partial charge < -0.3 is 0 Å². The molecule has 0 saturated heterocycles. The third-order valence-corrected chi connectivity index (χ3v) is 5.28. The summed E-state index contributed by atoms with van der Waals surface area (Å²) < 4.78 is 2.08. The predicted molar refractivity (Wildman–Crippen MR) is 123 cm³/mol. The number of fused-ring (bicyclic) bond motifs is 1. The molecule has 0 aliphatic heterocycles. The Hall–Kier alpha value is -3.98. The Morgan fingerprint density at radius 1 is 0.700 bits per heavy atom. The average Bonchev–Trinajstić information content (AvgIpc) is 3.21. The second kappa shape index (κ2) is 8.18. The Bertz CT molecular complexity index is 1270. The molecule has 0 fully saturated rings. The van der Waals surface area contributed by atoms with Crippen molar-refractivity contribution in [2.24, 2.45) is 0 Å². The minimum Gasteiger partial charge on any atom is -0.285 e. The van der Waals surface area contributed by atoms with Gasteiger partial charge in [-0.25, -0.2) is 9.97 Å². The number of para-hydroxylation sites is 1. The number of benzene rings is 3. The lowest BCUT2D eigenvalue weighted by Crippen LogP contribution is -1.99. The summed E-state index contributed by atoms with van der Waals surface area (Å²) in [6.07, 6.45) is 10.2. The van der Waals surface area contributed by atoms with E-state index in [9.17, 15) is 0 Å². The molecule has 0 unspecified atom stereocenters. The molecule has 0 amide bonds. The van der Waals surface area contributed by atoms with Crippen LogP contribution in [0.1, 0.15) is 22.6 Å². The van der Waals surface area contributed by atoms with Gasteiger partial charge in [0.2, 0.25) is 5.95 Å². The standard InChI is InChI=1S/C27H21N3/c1-3-10-21(11-4-1)16-17-23(22-12-5-2-6-13-22)25-20-30(27-28-18-9-19-29-27)26-15-8-7-14-24(25)26/h1-20,23H/b17-16+/t23-/m0/s1. The van der Waals surface area contributed by atoms with E-state index in [1.165, 1.54) is 22.1 Å². The topological polar surface area (TPSA) is 30.7 Å². The van der Waals surface area contributed by atoms with E-state index in [-0.39, 0.29) is 5.92 Å². The number of aromatic nitrogens is 3. The maximum absolute atomic E-state index is 4.47. The maximum Gasteiger partial charge on any atom is 0.234 e. The fourth-order valence-electron chi connectivity index (χ4n) is 3.86. The lowest BCUT2D eigenvalue weighted by atomic mass is 9.90. The molecule has 2 aromatic heterocycles. The van der Waals surface area contributed by atoms with Crippen LogP contribution in [0.4, 0.5) is 0 Å². The van der Waals surface area contributed by atoms with Crippen molar-refractivity contribution in [3.05, 3.63) is 132 Å². The van der Waals surface area contributed by atoms with Crippen molar-refractivity contribution < 1.29 is 0 Å². The SMILES string of the molecule is C(=C\[C@@H](c1ccccc1)c1cn(-c2ncccn2)c2ccccc12)/c1ccccc1. The van der Waals surface area contributed by atoms with Crippen molar-refractivity contribution in [2.45, 2.75) is 5.92 Å². The first kappa shape index (κ1) is 18.1. The van der Waals surface area contributed by atoms with Crippen LogP contribution >= 0.6 is 0 Å². The Morgan fingerprint density at radius 2 is 1.37 bits per heavy atom. The number of hydrogen-bond acceptors (Lipinski definition) is 2. The quantitative estimate of drug-likeness (QED) is 0.356. The summed E-state index contributed by atoms with van der Waals surface area (Å²) in [6.45, 7) is 0. The number of allylic oxidation sites excluding steroid dienone is 1. The fraction of sp³-hybridized carbons (Fsp3) is 0.0370. The molecule has 3 heteroatoms. The van der Waals surface area contributed by atoms with Crippen LogP contribution in [0.25, 0.3) is 22.9 Å². The molecule has 0 N–H and O–H groups in total. The van der Waals surface area contributed by atoms with Crippen molar-refractivity contribution in [3.8, 4) is 5.95 Å². The van der Waals surface area contributed by atoms with Crippen LogP contribution in [-0.4, -0.2) is 14.5 Å². The molecule has 3 aromatic carbocycles. The van der Waals surface area contributed by atoms with Crippen molar-refractivity contribution in [1.29, 1.82) is 0 Å². The van der Waals surface area contributed by atoms with Gasteiger partial charge in [-0.15, -0.1) is 0 Å². The molecule has 0 bridgehead atoms. The zero-order valence-corrected chi connectivity index (χ0v) is 16.5. The summed E-state index contributed by atoms with van der Waals surface area (Å²) in [5.74, 6) is 0.792. The van der Waals surface area contributed by atoms with Crippen LogP contribution in [0.15, 0.2) is 116 Å². The summed E-state index contributed by atoms with van der Waals surface area (Å²) in [5.41, 5.74) is 4.78. The molecule has 3 nitrogen and oxygen atoms in total. The Morgan fingerprint density at radius 3 is 2.13 bits per heavy atom. The first-order chi connectivity index (χ1) is 14.9. The molecule has 144 valence electrons. The van der Waals surface area contributed by atoms with Crippen LogP contribution in [0.5, 0.6) is 0 Å². The molecule has 5 rings (SSSR count). The number of rotatable bonds is 5. The zero-order chi connectivity index (χ0) is 20.2. The van der Waals surface area contributed by atoms with Gasteiger partial charge >= 0.3 is 0 Å². The molecule has 30 heavy (non-hydrogen) atoms. The first-order valence-corrected chi connectivity index (χ1v) is 10.1. The lowest BCUT2D eigenvalue weighted by Gasteiger charge is -2.13. The highest BCUT2D eigenvalue weighted by Crippen LogP contribution is 2.34. The lowest BCUT2D eigenvalue weighted by molar-refractivity contribution is 0.944. The highest BCUT2D eigenvalue weighted by molar-refractivity contribution is 5.86. The summed E-state index contributed by atoms with van der Waals surface area (Å²) in [7, 11) is 0. The molecule has 5 aromatic rings. The monoisotopic (exact) mass is 387 g/mol. The van der Waals surface area contributed by atoms with Gasteiger partial charge in [0.15, 0.2) is 0 Å². The molecule has 2 heterocycles.